The van der Waals surface area contributed by atoms with Crippen molar-refractivity contribution >= 4 is 44.8 Å². The number of carboxylic acid groups (broad SMARTS) is 1. The fourth-order valence-corrected chi connectivity index (χ4v) is 6.18. The Bertz CT molecular complexity index is 2420. The van der Waals surface area contributed by atoms with E-state index in [1.165, 1.54) is 15.2 Å². The first-order valence-electron chi connectivity index (χ1n) is 15.9. The third-order valence-electron chi connectivity index (χ3n) is 8.64. The largest absolute Gasteiger partial charge is 0.506 e. The van der Waals surface area contributed by atoms with Gasteiger partial charge in [0.2, 0.25) is 5.95 Å². The predicted octanol–water partition coefficient (Wildman–Crippen LogP) is 3.39. The number of benzene rings is 3. The summed E-state index contributed by atoms with van der Waals surface area (Å²) in [6.07, 6.45) is 1.88. The van der Waals surface area contributed by atoms with Crippen LogP contribution < -0.4 is 21.9 Å². The molecule has 6 aromatic rings. The van der Waals surface area contributed by atoms with Crippen LogP contribution in [-0.2, 0) is 20.1 Å². The Hall–Kier alpha value is -6.00. The first kappa shape index (κ1) is 32.9. The zero-order valence-corrected chi connectivity index (χ0v) is 27.4. The lowest BCUT2D eigenvalue weighted by atomic mass is 10.1. The van der Waals surface area contributed by atoms with Gasteiger partial charge in [-0.2, -0.15) is 4.98 Å². The Balaban J connectivity index is 0.000000248. The van der Waals surface area contributed by atoms with E-state index >= 15 is 0 Å². The summed E-state index contributed by atoms with van der Waals surface area (Å²) < 4.78 is 4.39. The smallest absolute Gasteiger partial charge is 0.339 e. The van der Waals surface area contributed by atoms with Crippen LogP contribution in [0, 0.1) is 18.8 Å². The van der Waals surface area contributed by atoms with Gasteiger partial charge < -0.3 is 20.8 Å². The number of para-hydroxylation sites is 1. The maximum atomic E-state index is 13.7. The molecule has 13 heteroatoms. The summed E-state index contributed by atoms with van der Waals surface area (Å²) in [6.45, 7) is 5.31. The Morgan fingerprint density at radius 3 is 2.47 bits per heavy atom. The number of anilines is 1. The zero-order chi connectivity index (χ0) is 34.8. The van der Waals surface area contributed by atoms with Crippen LogP contribution in [0.4, 0.5) is 5.95 Å². The number of aromatic nitrogens is 6. The number of phenols is 1. The normalized spacial score (nSPS) is 14.4. The van der Waals surface area contributed by atoms with Crippen molar-refractivity contribution in [2.45, 2.75) is 45.8 Å². The highest BCUT2D eigenvalue weighted by atomic mass is 16.4. The lowest BCUT2D eigenvalue weighted by Crippen LogP contribution is -2.44. The van der Waals surface area contributed by atoms with Gasteiger partial charge in [0, 0.05) is 42.6 Å². The molecule has 1 aliphatic heterocycles. The standard InChI is InChI=1S/C25H28N8O2.C11H8O3/c1-4-5-13-32-21-22(29-24(32)31-12-8-9-17(26)14-31)30(3)25(35)33(23(21)34)15-20-27-16(2)18-10-6-7-11-19(18)28-20;12-10-8-4-2-1-3-7(8)5-6-9(10)11(13)14/h6-7,10-11,17H,8-9,12-15,26H2,1-3H3;1-6,12H,(H,13,14)/t17-;/m1./s1. The van der Waals surface area contributed by atoms with Crippen LogP contribution in [0.3, 0.4) is 0 Å². The molecule has 4 heterocycles. The minimum Gasteiger partial charge on any atom is -0.506 e. The van der Waals surface area contributed by atoms with E-state index in [0.29, 0.717) is 34.9 Å². The third-order valence-corrected chi connectivity index (χ3v) is 8.64. The Morgan fingerprint density at radius 1 is 1.00 bits per heavy atom. The fraction of sp³-hybridized carbons (Fsp3) is 0.278. The van der Waals surface area contributed by atoms with Crippen LogP contribution in [0.2, 0.25) is 0 Å². The van der Waals surface area contributed by atoms with Gasteiger partial charge in [-0.05, 0) is 44.2 Å². The minimum atomic E-state index is -1.12. The molecule has 0 spiro atoms. The van der Waals surface area contributed by atoms with E-state index in [-0.39, 0.29) is 30.4 Å². The molecule has 3 aromatic carbocycles. The Morgan fingerprint density at radius 2 is 1.73 bits per heavy atom. The van der Waals surface area contributed by atoms with Gasteiger partial charge in [0.25, 0.3) is 5.56 Å². The number of hydrogen-bond donors (Lipinski definition) is 3. The molecule has 0 bridgehead atoms. The summed E-state index contributed by atoms with van der Waals surface area (Å²) in [5.74, 6) is 5.67. The first-order valence-corrected chi connectivity index (χ1v) is 15.9. The molecule has 0 radical (unpaired) electrons. The summed E-state index contributed by atoms with van der Waals surface area (Å²) >= 11 is 0. The summed E-state index contributed by atoms with van der Waals surface area (Å²) in [6, 6.07) is 17.9. The number of nitrogens with zero attached hydrogens (tertiary/aromatic N) is 7. The van der Waals surface area contributed by atoms with E-state index < -0.39 is 17.2 Å². The number of nitrogens with two attached hydrogens (primary N) is 1. The molecule has 7 rings (SSSR count). The topological polar surface area (TPSA) is 174 Å². The summed E-state index contributed by atoms with van der Waals surface area (Å²) in [4.78, 5) is 53.7. The molecule has 1 fully saturated rings. The number of imidazole rings is 1. The van der Waals surface area contributed by atoms with E-state index in [9.17, 15) is 19.5 Å². The predicted molar refractivity (Wildman–Crippen MR) is 188 cm³/mol. The van der Waals surface area contributed by atoms with Gasteiger partial charge in [0.15, 0.2) is 11.2 Å². The maximum absolute atomic E-state index is 13.7. The summed E-state index contributed by atoms with van der Waals surface area (Å²) in [7, 11) is 1.63. The van der Waals surface area contributed by atoms with Gasteiger partial charge in [0.05, 0.1) is 18.6 Å². The van der Waals surface area contributed by atoms with Crippen molar-refractivity contribution in [3.05, 3.63) is 98.6 Å². The zero-order valence-electron chi connectivity index (χ0n) is 27.4. The van der Waals surface area contributed by atoms with Gasteiger partial charge in [-0.3, -0.25) is 18.5 Å². The van der Waals surface area contributed by atoms with Crippen molar-refractivity contribution < 1.29 is 15.0 Å². The van der Waals surface area contributed by atoms with E-state index in [4.69, 9.17) is 15.8 Å². The molecule has 49 heavy (non-hydrogen) atoms. The monoisotopic (exact) mass is 660 g/mol. The molecule has 250 valence electrons. The van der Waals surface area contributed by atoms with Crippen LogP contribution in [0.25, 0.3) is 32.8 Å². The molecule has 1 atom stereocenters. The molecule has 0 unspecified atom stereocenters. The minimum absolute atomic E-state index is 0.0306. The average molecular weight is 661 g/mol. The van der Waals surface area contributed by atoms with Crippen molar-refractivity contribution in [3.8, 4) is 17.6 Å². The van der Waals surface area contributed by atoms with Gasteiger partial charge in [-0.15, -0.1) is 5.92 Å². The van der Waals surface area contributed by atoms with Crippen LogP contribution >= 0.6 is 0 Å². The van der Waals surface area contributed by atoms with Crippen LogP contribution in [0.5, 0.6) is 5.75 Å². The molecule has 0 saturated carbocycles. The second-order valence-corrected chi connectivity index (χ2v) is 11.9. The lowest BCUT2D eigenvalue weighted by Gasteiger charge is -2.31. The SMILES string of the molecule is CC#CCn1c(N2CCC[C@@H](N)C2)nc2c1c(=O)n(Cc1nc(C)c3ccccc3n1)c(=O)n2C.O=C(O)c1ccc2ccccc2c1O. The molecule has 13 nitrogen and oxygen atoms in total. The second-order valence-electron chi connectivity index (χ2n) is 11.9. The molecule has 0 amide bonds. The van der Waals surface area contributed by atoms with Crippen molar-refractivity contribution in [3.63, 3.8) is 0 Å². The Kier molecular flexibility index (Phi) is 9.15. The molecule has 3 aromatic heterocycles. The van der Waals surface area contributed by atoms with E-state index in [2.05, 4.69) is 26.7 Å². The molecular weight excluding hydrogens is 624 g/mol. The number of hydrogen-bond acceptors (Lipinski definition) is 9. The molecule has 1 aliphatic rings. The highest BCUT2D eigenvalue weighted by Crippen LogP contribution is 2.28. The highest BCUT2D eigenvalue weighted by molar-refractivity contribution is 6.00. The van der Waals surface area contributed by atoms with Gasteiger partial charge in [0.1, 0.15) is 17.1 Å². The second kappa shape index (κ2) is 13.6. The number of fused-ring (bicyclic) bond motifs is 3. The molecular formula is C36H36N8O5. The number of carboxylic acids is 1. The molecule has 1 saturated heterocycles. The lowest BCUT2D eigenvalue weighted by molar-refractivity contribution is 0.0694. The third kappa shape index (κ3) is 6.33. The quantitative estimate of drug-likeness (QED) is 0.233. The first-order chi connectivity index (χ1) is 23.6. The number of aromatic hydroxyl groups is 1. The van der Waals surface area contributed by atoms with Gasteiger partial charge in [-0.25, -0.2) is 19.6 Å². The average Bonchev–Trinajstić information content (AvgIpc) is 3.48. The van der Waals surface area contributed by atoms with Crippen molar-refractivity contribution in [2.24, 2.45) is 12.8 Å². The van der Waals surface area contributed by atoms with Gasteiger partial charge in [-0.1, -0.05) is 54.5 Å². The number of aryl methyl sites for hydroxylation is 2. The summed E-state index contributed by atoms with van der Waals surface area (Å²) in [5, 5.41) is 20.7. The van der Waals surface area contributed by atoms with E-state index in [0.717, 1.165) is 41.4 Å². The number of rotatable bonds is 5. The number of carbonyl (C=O) groups is 1. The highest BCUT2D eigenvalue weighted by Gasteiger charge is 2.26. The van der Waals surface area contributed by atoms with Crippen LogP contribution in [-0.4, -0.2) is 64.0 Å². The Labute approximate surface area is 280 Å². The fourth-order valence-electron chi connectivity index (χ4n) is 6.18. The molecule has 0 aliphatic carbocycles. The number of piperidine rings is 1. The van der Waals surface area contributed by atoms with Gasteiger partial charge >= 0.3 is 11.7 Å². The summed E-state index contributed by atoms with van der Waals surface area (Å²) in [5.41, 5.74) is 7.48. The van der Waals surface area contributed by atoms with Crippen LogP contribution in [0.1, 0.15) is 41.6 Å². The van der Waals surface area contributed by atoms with Crippen molar-refractivity contribution in [1.82, 2.24) is 28.7 Å². The van der Waals surface area contributed by atoms with E-state index in [1.54, 1.807) is 36.7 Å². The van der Waals surface area contributed by atoms with E-state index in [1.807, 2.05) is 43.3 Å². The van der Waals surface area contributed by atoms with Crippen LogP contribution in [0.15, 0.2) is 70.3 Å². The maximum Gasteiger partial charge on any atom is 0.339 e. The van der Waals surface area contributed by atoms with Crippen molar-refractivity contribution in [1.29, 1.82) is 0 Å². The van der Waals surface area contributed by atoms with Crippen molar-refractivity contribution in [2.75, 3.05) is 18.0 Å². The number of aromatic carboxylic acids is 1. The molecule has 4 N–H and O–H groups in total.